The Morgan fingerprint density at radius 2 is 2.00 bits per heavy atom. The van der Waals surface area contributed by atoms with Gasteiger partial charge in [0.2, 0.25) is 5.60 Å². The number of ether oxygens (including phenoxy) is 2. The Labute approximate surface area is 223 Å². The number of anilines is 1. The predicted molar refractivity (Wildman–Crippen MR) is 136 cm³/mol. The van der Waals surface area contributed by atoms with Crippen molar-refractivity contribution in [3.05, 3.63) is 54.5 Å². The van der Waals surface area contributed by atoms with E-state index in [9.17, 15) is 24.8 Å². The molecule has 1 aromatic carbocycles. The number of aliphatic hydroxyl groups excluding tert-OH is 2. The molecule has 15 heteroatoms. The number of carbonyl (C=O) groups excluding carboxylic acids is 1. The van der Waals surface area contributed by atoms with Crippen LogP contribution < -0.4 is 15.3 Å². The minimum Gasteiger partial charge on any atom is -0.462 e. The lowest BCUT2D eigenvalue weighted by Crippen LogP contribution is -2.46. The first-order chi connectivity index (χ1) is 18.5. The van der Waals surface area contributed by atoms with Crippen LogP contribution in [0.1, 0.15) is 32.6 Å². The molecule has 1 aliphatic heterocycles. The van der Waals surface area contributed by atoms with Crippen molar-refractivity contribution in [3.8, 4) is 11.8 Å². The Kier molecular flexibility index (Phi) is 8.22. The first-order valence-electron chi connectivity index (χ1n) is 12.0. The zero-order valence-corrected chi connectivity index (χ0v) is 22.3. The molecule has 5 N–H and O–H groups in total. The van der Waals surface area contributed by atoms with Gasteiger partial charge < -0.3 is 29.9 Å². The normalized spacial score (nSPS) is 25.2. The molecular weight excluding hydrogens is 531 g/mol. The number of nitrogen functional groups attached to an aromatic ring is 1. The number of carbonyl (C=O) groups is 1. The smallest absolute Gasteiger partial charge is 0.459 e. The summed E-state index contributed by atoms with van der Waals surface area (Å²) in [7, 11) is -4.39. The molecule has 39 heavy (non-hydrogen) atoms. The number of nitrogens with two attached hydrogens (primary N) is 1. The average molecular weight is 561 g/mol. The summed E-state index contributed by atoms with van der Waals surface area (Å²) in [6.07, 6.45) is -3.83. The second-order valence-corrected chi connectivity index (χ2v) is 10.9. The second kappa shape index (κ2) is 11.3. The fourth-order valence-electron chi connectivity index (χ4n) is 3.99. The highest BCUT2D eigenvalue weighted by Gasteiger charge is 2.57. The summed E-state index contributed by atoms with van der Waals surface area (Å²) in [5.41, 5.74) is 4.41. The van der Waals surface area contributed by atoms with Crippen LogP contribution in [0.25, 0.3) is 5.52 Å². The number of aliphatic hydroxyl groups is 2. The van der Waals surface area contributed by atoms with Crippen molar-refractivity contribution < 1.29 is 38.1 Å². The molecule has 0 spiro atoms. The molecular formula is C24H29N6O8P. The number of fused-ring (bicyclic) bond motifs is 1. The van der Waals surface area contributed by atoms with E-state index < -0.39 is 56.4 Å². The summed E-state index contributed by atoms with van der Waals surface area (Å²) in [6, 6.07) is 11.9. The van der Waals surface area contributed by atoms with E-state index in [4.69, 9.17) is 24.3 Å². The van der Waals surface area contributed by atoms with Crippen LogP contribution in [-0.4, -0.2) is 67.3 Å². The molecule has 0 saturated carbocycles. The zero-order chi connectivity index (χ0) is 28.4. The molecule has 0 amide bonds. The summed E-state index contributed by atoms with van der Waals surface area (Å²) in [5.74, 6) is -0.393. The quantitative estimate of drug-likeness (QED) is 0.205. The lowest BCUT2D eigenvalue weighted by molar-refractivity contribution is -0.149. The van der Waals surface area contributed by atoms with Crippen LogP contribution in [0.3, 0.4) is 0 Å². The molecule has 0 aliphatic carbocycles. The van der Waals surface area contributed by atoms with Gasteiger partial charge in [-0.25, -0.2) is 14.1 Å². The Hall–Kier alpha value is -3.57. The molecule has 2 aromatic heterocycles. The van der Waals surface area contributed by atoms with Crippen LogP contribution in [0.4, 0.5) is 5.82 Å². The van der Waals surface area contributed by atoms with Gasteiger partial charge in [0.1, 0.15) is 54.6 Å². The van der Waals surface area contributed by atoms with Crippen molar-refractivity contribution in [2.45, 2.75) is 56.8 Å². The number of nitrogens with zero attached hydrogens (tertiary/aromatic N) is 4. The summed E-state index contributed by atoms with van der Waals surface area (Å²) < 4.78 is 37.3. The molecule has 14 nitrogen and oxygen atoms in total. The molecule has 0 radical (unpaired) electrons. The molecule has 3 aromatic rings. The number of esters is 1. The third-order valence-corrected chi connectivity index (χ3v) is 7.54. The number of nitriles is 1. The van der Waals surface area contributed by atoms with E-state index in [1.54, 1.807) is 44.2 Å². The van der Waals surface area contributed by atoms with Gasteiger partial charge in [0.25, 0.3) is 0 Å². The number of benzene rings is 1. The van der Waals surface area contributed by atoms with Crippen LogP contribution in [0, 0.1) is 11.3 Å². The first kappa shape index (κ1) is 28.4. The van der Waals surface area contributed by atoms with Gasteiger partial charge in [-0.3, -0.25) is 9.32 Å². The van der Waals surface area contributed by atoms with E-state index >= 15 is 0 Å². The summed E-state index contributed by atoms with van der Waals surface area (Å²) in [5, 5.41) is 38.4. The summed E-state index contributed by atoms with van der Waals surface area (Å²) >= 11 is 0. The Morgan fingerprint density at radius 1 is 1.28 bits per heavy atom. The topological polar surface area (TPSA) is 204 Å². The fraction of sp³-hybridized carbons (Fsp3) is 0.417. The van der Waals surface area contributed by atoms with Gasteiger partial charge in [0.15, 0.2) is 5.82 Å². The van der Waals surface area contributed by atoms with Crippen LogP contribution >= 0.6 is 7.75 Å². The van der Waals surface area contributed by atoms with Gasteiger partial charge in [-0.1, -0.05) is 18.2 Å². The molecule has 0 bridgehead atoms. The zero-order valence-electron chi connectivity index (χ0n) is 21.4. The number of hydrogen-bond acceptors (Lipinski definition) is 12. The van der Waals surface area contributed by atoms with Gasteiger partial charge in [-0.2, -0.15) is 15.4 Å². The number of aromatic nitrogens is 3. The monoisotopic (exact) mass is 560 g/mol. The second-order valence-electron chi connectivity index (χ2n) is 9.19. The third-order valence-electron chi connectivity index (χ3n) is 5.92. The molecule has 4 rings (SSSR count). The van der Waals surface area contributed by atoms with Crippen molar-refractivity contribution in [1.82, 2.24) is 19.7 Å². The maximum Gasteiger partial charge on any atom is 0.459 e. The van der Waals surface area contributed by atoms with E-state index in [0.29, 0.717) is 5.52 Å². The summed E-state index contributed by atoms with van der Waals surface area (Å²) in [6.45, 7) is 3.92. The van der Waals surface area contributed by atoms with Gasteiger partial charge in [0, 0.05) is 0 Å². The Balaban J connectivity index is 1.59. The van der Waals surface area contributed by atoms with E-state index in [0.717, 1.165) is 0 Å². The van der Waals surface area contributed by atoms with Gasteiger partial charge in [-0.05, 0) is 45.0 Å². The fourth-order valence-corrected chi connectivity index (χ4v) is 5.51. The molecule has 208 valence electrons. The van der Waals surface area contributed by atoms with Crippen LogP contribution in [0.15, 0.2) is 48.8 Å². The van der Waals surface area contributed by atoms with Crippen molar-refractivity contribution in [2.75, 3.05) is 12.3 Å². The molecule has 1 saturated heterocycles. The van der Waals surface area contributed by atoms with Crippen LogP contribution in [-0.2, 0) is 23.4 Å². The van der Waals surface area contributed by atoms with E-state index in [1.807, 2.05) is 6.07 Å². The molecule has 1 aliphatic rings. The van der Waals surface area contributed by atoms with Crippen molar-refractivity contribution in [3.63, 3.8) is 0 Å². The summed E-state index contributed by atoms with van der Waals surface area (Å²) in [4.78, 5) is 16.3. The van der Waals surface area contributed by atoms with E-state index in [2.05, 4.69) is 15.2 Å². The lowest BCUT2D eigenvalue weighted by atomic mass is 9.96. The molecule has 6 atom stereocenters. The Morgan fingerprint density at radius 3 is 2.67 bits per heavy atom. The lowest BCUT2D eigenvalue weighted by Gasteiger charge is -2.28. The molecule has 0 unspecified atom stereocenters. The minimum absolute atomic E-state index is 0.145. The van der Waals surface area contributed by atoms with E-state index in [-0.39, 0.29) is 17.3 Å². The van der Waals surface area contributed by atoms with Crippen molar-refractivity contribution in [2.24, 2.45) is 0 Å². The highest BCUT2D eigenvalue weighted by molar-refractivity contribution is 7.52. The molecule has 3 heterocycles. The molecule has 1 fully saturated rings. The largest absolute Gasteiger partial charge is 0.462 e. The number of rotatable bonds is 10. The highest BCUT2D eigenvalue weighted by Crippen LogP contribution is 2.48. The number of nitrogens with one attached hydrogen (secondary N) is 1. The maximum atomic E-state index is 13.8. The van der Waals surface area contributed by atoms with Gasteiger partial charge in [0.05, 0.1) is 11.8 Å². The predicted octanol–water partition coefficient (Wildman–Crippen LogP) is 1.50. The number of para-hydroxylation sites is 1. The standard InChI is InChI=1S/C24H29N6O8P/c1-14(2)36-23(33)15(3)29-39(34,38-16-7-5-4-6-8-16)35-12-24(11-25)21(32)19(31)20(37-24)17-9-10-18-22(26)27-13-28-30(17)18/h4-10,13-15,19-21,31-32H,12H2,1-3H3,(H,29,34)(H2,26,27,28)/t15-,19-,20-,21-,24+,39-/m0/s1. The van der Waals surface area contributed by atoms with Gasteiger partial charge >= 0.3 is 13.7 Å². The van der Waals surface area contributed by atoms with Crippen LogP contribution in [0.5, 0.6) is 5.75 Å². The average Bonchev–Trinajstić information content (AvgIpc) is 3.43. The number of hydrogen-bond donors (Lipinski definition) is 4. The van der Waals surface area contributed by atoms with Gasteiger partial charge in [-0.15, -0.1) is 0 Å². The van der Waals surface area contributed by atoms with Crippen molar-refractivity contribution in [1.29, 1.82) is 5.26 Å². The van der Waals surface area contributed by atoms with Crippen molar-refractivity contribution >= 4 is 25.1 Å². The maximum absolute atomic E-state index is 13.8. The Bertz CT molecular complexity index is 1410. The SMILES string of the molecule is CC(C)OC(=O)[C@H](C)N[P@](=O)(OC[C@@]1(C#N)O[C@@H](c2ccc3c(N)ncnn23)[C@H](O)[C@@H]1O)Oc1ccccc1. The third kappa shape index (κ3) is 5.89. The first-order valence-corrected chi connectivity index (χ1v) is 13.5. The van der Waals surface area contributed by atoms with E-state index in [1.165, 1.54) is 29.9 Å². The minimum atomic E-state index is -4.39. The van der Waals surface area contributed by atoms with Crippen LogP contribution in [0.2, 0.25) is 0 Å². The highest BCUT2D eigenvalue weighted by atomic mass is 31.2.